The molecule has 2 aromatic rings. The zero-order chi connectivity index (χ0) is 17.7. The van der Waals surface area contributed by atoms with E-state index in [0.29, 0.717) is 17.1 Å². The summed E-state index contributed by atoms with van der Waals surface area (Å²) in [5, 5.41) is 9.75. The van der Waals surface area contributed by atoms with E-state index in [4.69, 9.17) is 14.2 Å². The summed E-state index contributed by atoms with van der Waals surface area (Å²) in [5.74, 6) is -0.433. The molecular weight excluding hydrogens is 312 g/mol. The molecule has 0 heterocycles. The number of aryl methyl sites for hydroxylation is 1. The van der Waals surface area contributed by atoms with Crippen molar-refractivity contribution in [1.29, 1.82) is 0 Å². The zero-order valence-corrected chi connectivity index (χ0v) is 13.7. The van der Waals surface area contributed by atoms with Crippen LogP contribution >= 0.6 is 0 Å². The molecule has 0 spiro atoms. The maximum absolute atomic E-state index is 12.2. The van der Waals surface area contributed by atoms with Crippen molar-refractivity contribution in [2.24, 2.45) is 0 Å². The molecular formula is C18H18O6. The lowest BCUT2D eigenvalue weighted by atomic mass is 10.1. The van der Waals surface area contributed by atoms with Gasteiger partial charge >= 0.3 is 5.97 Å². The fourth-order valence-electron chi connectivity index (χ4n) is 2.12. The second kappa shape index (κ2) is 7.50. The Morgan fingerprint density at radius 2 is 1.71 bits per heavy atom. The van der Waals surface area contributed by atoms with Crippen molar-refractivity contribution < 1.29 is 28.9 Å². The van der Waals surface area contributed by atoms with E-state index in [2.05, 4.69) is 0 Å². The monoisotopic (exact) mass is 330 g/mol. The number of carbonyl (C=O) groups excluding carboxylic acids is 2. The molecule has 6 nitrogen and oxygen atoms in total. The topological polar surface area (TPSA) is 82.1 Å². The normalized spacial score (nSPS) is 10.1. The average molecular weight is 330 g/mol. The van der Waals surface area contributed by atoms with E-state index in [0.717, 1.165) is 5.56 Å². The number of Topliss-reactive ketones (excluding diaryl/α,β-unsaturated/α-hetero) is 1. The van der Waals surface area contributed by atoms with Crippen molar-refractivity contribution in [3.8, 4) is 17.2 Å². The van der Waals surface area contributed by atoms with E-state index < -0.39 is 18.4 Å². The second-order valence-corrected chi connectivity index (χ2v) is 5.09. The number of phenolic OH excluding ortho intramolecular Hbond substituents is 1. The maximum Gasteiger partial charge on any atom is 0.342 e. The number of methoxy groups -OCH3 is 2. The molecule has 0 aromatic heterocycles. The van der Waals surface area contributed by atoms with Crippen LogP contribution in [0.1, 0.15) is 26.3 Å². The van der Waals surface area contributed by atoms with Crippen LogP contribution in [0.3, 0.4) is 0 Å². The molecule has 1 N–H and O–H groups in total. The van der Waals surface area contributed by atoms with Gasteiger partial charge in [-0.3, -0.25) is 4.79 Å². The molecule has 0 aliphatic rings. The lowest BCUT2D eigenvalue weighted by Gasteiger charge is -2.10. The van der Waals surface area contributed by atoms with Crippen LogP contribution in [0.2, 0.25) is 0 Å². The van der Waals surface area contributed by atoms with Gasteiger partial charge < -0.3 is 19.3 Å². The van der Waals surface area contributed by atoms with E-state index in [1.165, 1.54) is 32.4 Å². The summed E-state index contributed by atoms with van der Waals surface area (Å²) in [7, 11) is 2.96. The first-order chi connectivity index (χ1) is 11.5. The number of hydrogen-bond donors (Lipinski definition) is 1. The molecule has 0 saturated carbocycles. The van der Waals surface area contributed by atoms with Gasteiger partial charge in [-0.15, -0.1) is 0 Å². The minimum Gasteiger partial charge on any atom is -0.507 e. The van der Waals surface area contributed by atoms with E-state index in [-0.39, 0.29) is 11.3 Å². The summed E-state index contributed by atoms with van der Waals surface area (Å²) < 4.78 is 15.2. The number of benzene rings is 2. The van der Waals surface area contributed by atoms with Crippen molar-refractivity contribution >= 4 is 11.8 Å². The van der Waals surface area contributed by atoms with Gasteiger partial charge in [0, 0.05) is 5.56 Å². The van der Waals surface area contributed by atoms with Crippen molar-refractivity contribution in [2.45, 2.75) is 6.92 Å². The van der Waals surface area contributed by atoms with E-state index in [1.807, 2.05) is 0 Å². The summed E-state index contributed by atoms with van der Waals surface area (Å²) in [6.45, 7) is 1.34. The largest absolute Gasteiger partial charge is 0.507 e. The number of ketones is 1. The molecule has 0 bridgehead atoms. The number of carbonyl (C=O) groups is 2. The minimum absolute atomic E-state index is 0.0145. The number of rotatable bonds is 6. The molecule has 6 heteroatoms. The van der Waals surface area contributed by atoms with Crippen molar-refractivity contribution in [3.63, 3.8) is 0 Å². The summed E-state index contributed by atoms with van der Waals surface area (Å²) in [6, 6.07) is 9.24. The molecule has 0 saturated heterocycles. The Labute approximate surface area is 139 Å². The first kappa shape index (κ1) is 17.3. The molecule has 0 atom stereocenters. The minimum atomic E-state index is -0.763. The van der Waals surface area contributed by atoms with E-state index >= 15 is 0 Å². The van der Waals surface area contributed by atoms with Crippen LogP contribution in [0.5, 0.6) is 17.2 Å². The molecule has 0 aliphatic carbocycles. The summed E-state index contributed by atoms with van der Waals surface area (Å²) in [6.07, 6.45) is 0. The van der Waals surface area contributed by atoms with Gasteiger partial charge in [-0.25, -0.2) is 4.79 Å². The SMILES string of the molecule is COc1ccc(C(=O)COC(=O)c2ccc(C)cc2O)cc1OC. The molecule has 2 rings (SSSR count). The van der Waals surface area contributed by atoms with Crippen LogP contribution in [-0.4, -0.2) is 37.7 Å². The summed E-state index contributed by atoms with van der Waals surface area (Å²) >= 11 is 0. The quantitative estimate of drug-likeness (QED) is 0.648. The third kappa shape index (κ3) is 3.84. The molecule has 0 fully saturated rings. The van der Waals surface area contributed by atoms with Crippen LogP contribution < -0.4 is 9.47 Å². The van der Waals surface area contributed by atoms with Crippen molar-refractivity contribution in [1.82, 2.24) is 0 Å². The fraction of sp³-hybridized carbons (Fsp3) is 0.222. The van der Waals surface area contributed by atoms with Gasteiger partial charge in [0.25, 0.3) is 0 Å². The third-order valence-electron chi connectivity index (χ3n) is 3.41. The standard InChI is InChI=1S/C18H18O6/c1-11-4-6-13(14(19)8-11)18(21)24-10-15(20)12-5-7-16(22-2)17(9-12)23-3/h4-9,19H,10H2,1-3H3. The Morgan fingerprint density at radius 1 is 1.00 bits per heavy atom. The number of hydrogen-bond acceptors (Lipinski definition) is 6. The van der Waals surface area contributed by atoms with Gasteiger partial charge in [0.05, 0.1) is 14.2 Å². The molecule has 0 unspecified atom stereocenters. The van der Waals surface area contributed by atoms with Gasteiger partial charge in [0.15, 0.2) is 23.9 Å². The second-order valence-electron chi connectivity index (χ2n) is 5.09. The summed E-state index contributed by atoms with van der Waals surface area (Å²) in [5.41, 5.74) is 1.15. The number of esters is 1. The molecule has 0 aliphatic heterocycles. The number of ether oxygens (including phenoxy) is 3. The third-order valence-corrected chi connectivity index (χ3v) is 3.41. The Morgan fingerprint density at radius 3 is 2.33 bits per heavy atom. The number of aromatic hydroxyl groups is 1. The van der Waals surface area contributed by atoms with E-state index in [9.17, 15) is 14.7 Å². The predicted octanol–water partition coefficient (Wildman–Crippen LogP) is 2.76. The van der Waals surface area contributed by atoms with Gasteiger partial charge in [-0.2, -0.15) is 0 Å². The van der Waals surface area contributed by atoms with Crippen LogP contribution in [0.15, 0.2) is 36.4 Å². The smallest absolute Gasteiger partial charge is 0.342 e. The highest BCUT2D eigenvalue weighted by Gasteiger charge is 2.16. The van der Waals surface area contributed by atoms with Crippen LogP contribution in [0, 0.1) is 6.92 Å². The average Bonchev–Trinajstić information content (AvgIpc) is 2.58. The van der Waals surface area contributed by atoms with Gasteiger partial charge in [-0.1, -0.05) is 6.07 Å². The van der Waals surface area contributed by atoms with Crippen LogP contribution in [0.25, 0.3) is 0 Å². The highest BCUT2D eigenvalue weighted by molar-refractivity contribution is 6.00. The summed E-state index contributed by atoms with van der Waals surface area (Å²) in [4.78, 5) is 24.1. The lowest BCUT2D eigenvalue weighted by molar-refractivity contribution is 0.0471. The van der Waals surface area contributed by atoms with Gasteiger partial charge in [-0.05, 0) is 42.8 Å². The van der Waals surface area contributed by atoms with Crippen molar-refractivity contribution in [3.05, 3.63) is 53.1 Å². The maximum atomic E-state index is 12.2. The first-order valence-corrected chi connectivity index (χ1v) is 7.18. The number of phenols is 1. The first-order valence-electron chi connectivity index (χ1n) is 7.18. The Hall–Kier alpha value is -3.02. The Kier molecular flexibility index (Phi) is 5.42. The van der Waals surface area contributed by atoms with Gasteiger partial charge in [0.2, 0.25) is 0 Å². The van der Waals surface area contributed by atoms with E-state index in [1.54, 1.807) is 25.1 Å². The molecule has 0 radical (unpaired) electrons. The van der Waals surface area contributed by atoms with Crippen LogP contribution in [-0.2, 0) is 4.74 Å². The van der Waals surface area contributed by atoms with Crippen LogP contribution in [0.4, 0.5) is 0 Å². The van der Waals surface area contributed by atoms with Gasteiger partial charge in [0.1, 0.15) is 11.3 Å². The molecule has 24 heavy (non-hydrogen) atoms. The Bertz CT molecular complexity index is 766. The lowest BCUT2D eigenvalue weighted by Crippen LogP contribution is -2.14. The zero-order valence-electron chi connectivity index (χ0n) is 13.7. The van der Waals surface area contributed by atoms with Crippen molar-refractivity contribution in [2.75, 3.05) is 20.8 Å². The molecule has 126 valence electrons. The fourth-order valence-corrected chi connectivity index (χ4v) is 2.12. The molecule has 2 aromatic carbocycles. The molecule has 0 amide bonds. The highest BCUT2D eigenvalue weighted by atomic mass is 16.5. The predicted molar refractivity (Wildman–Crippen MR) is 87.0 cm³/mol. The Balaban J connectivity index is 2.06. The highest BCUT2D eigenvalue weighted by Crippen LogP contribution is 2.27.